The minimum absolute atomic E-state index is 0.211. The number of hydrogen-bond acceptors (Lipinski definition) is 4. The molecule has 0 saturated carbocycles. The van der Waals surface area contributed by atoms with Crippen LogP contribution in [0.15, 0.2) is 0 Å². The van der Waals surface area contributed by atoms with Crippen molar-refractivity contribution in [2.24, 2.45) is 5.84 Å². The van der Waals surface area contributed by atoms with Crippen LogP contribution in [0.5, 0.6) is 0 Å². The summed E-state index contributed by atoms with van der Waals surface area (Å²) >= 11 is 3.28. The Morgan fingerprint density at radius 3 is 2.33 bits per heavy atom. The van der Waals surface area contributed by atoms with E-state index >= 15 is 0 Å². The highest BCUT2D eigenvalue weighted by Gasteiger charge is 2.17. The summed E-state index contributed by atoms with van der Waals surface area (Å²) in [5.41, 5.74) is 1.88. The quantitative estimate of drug-likeness (QED) is 0.232. The Hall–Kier alpha value is 0.0900. The van der Waals surface area contributed by atoms with Gasteiger partial charge in [0.2, 0.25) is 0 Å². The molecule has 0 aliphatic rings. The first-order chi connectivity index (χ1) is 4.22. The standard InChI is InChI=1S/C3H8F2N2OS/c4-3(5)2(7-6)1-8-9/h2-3,7,9H,1,6H2. The van der Waals surface area contributed by atoms with Crippen LogP contribution in [-0.2, 0) is 4.18 Å². The van der Waals surface area contributed by atoms with Crippen molar-refractivity contribution >= 4 is 12.9 Å². The number of hydrazine groups is 1. The van der Waals surface area contributed by atoms with Crippen LogP contribution in [0, 0.1) is 0 Å². The van der Waals surface area contributed by atoms with E-state index in [2.05, 4.69) is 17.1 Å². The highest BCUT2D eigenvalue weighted by atomic mass is 32.1. The van der Waals surface area contributed by atoms with Crippen LogP contribution in [0.4, 0.5) is 8.78 Å². The molecule has 0 aliphatic heterocycles. The number of nitrogens with one attached hydrogen (secondary N) is 1. The van der Waals surface area contributed by atoms with Crippen LogP contribution >= 0.6 is 12.9 Å². The monoisotopic (exact) mass is 158 g/mol. The lowest BCUT2D eigenvalue weighted by Crippen LogP contribution is -2.43. The molecule has 1 unspecified atom stereocenters. The van der Waals surface area contributed by atoms with Crippen LogP contribution in [0.25, 0.3) is 0 Å². The van der Waals surface area contributed by atoms with Crippen molar-refractivity contribution in [2.45, 2.75) is 12.5 Å². The minimum Gasteiger partial charge on any atom is -0.317 e. The number of rotatable bonds is 4. The molecule has 0 aromatic carbocycles. The Morgan fingerprint density at radius 2 is 2.22 bits per heavy atom. The first kappa shape index (κ1) is 9.09. The summed E-state index contributed by atoms with van der Waals surface area (Å²) in [6, 6.07) is -1.14. The Bertz CT molecular complexity index is 74.8. The Balaban J connectivity index is 3.41. The van der Waals surface area contributed by atoms with Gasteiger partial charge in [0.05, 0.1) is 6.61 Å². The number of alkyl halides is 2. The van der Waals surface area contributed by atoms with E-state index in [-0.39, 0.29) is 6.61 Å². The molecule has 56 valence electrons. The largest absolute Gasteiger partial charge is 0.317 e. The van der Waals surface area contributed by atoms with Gasteiger partial charge in [0.1, 0.15) is 6.04 Å². The fourth-order valence-electron chi connectivity index (χ4n) is 0.274. The molecule has 3 N–H and O–H groups in total. The van der Waals surface area contributed by atoms with Crippen molar-refractivity contribution in [1.82, 2.24) is 5.43 Å². The fraction of sp³-hybridized carbons (Fsp3) is 1.00. The molecule has 0 bridgehead atoms. The average Bonchev–Trinajstić information content (AvgIpc) is 1.82. The summed E-state index contributed by atoms with van der Waals surface area (Å²) < 4.78 is 27.4. The first-order valence-electron chi connectivity index (χ1n) is 2.23. The van der Waals surface area contributed by atoms with Crippen molar-refractivity contribution in [3.8, 4) is 0 Å². The van der Waals surface area contributed by atoms with E-state index in [1.807, 2.05) is 5.43 Å². The van der Waals surface area contributed by atoms with Gasteiger partial charge >= 0.3 is 0 Å². The topological polar surface area (TPSA) is 47.3 Å². The molecule has 0 amide bonds. The maximum Gasteiger partial charge on any atom is 0.257 e. The molecule has 0 fully saturated rings. The number of nitrogens with two attached hydrogens (primary N) is 1. The van der Waals surface area contributed by atoms with Crippen molar-refractivity contribution < 1.29 is 13.0 Å². The Labute approximate surface area is 57.1 Å². The molecule has 6 heteroatoms. The molecule has 9 heavy (non-hydrogen) atoms. The van der Waals surface area contributed by atoms with Gasteiger partial charge in [-0.1, -0.05) is 0 Å². The lowest BCUT2D eigenvalue weighted by molar-refractivity contribution is 0.0772. The first-order valence-corrected chi connectivity index (χ1v) is 2.59. The summed E-state index contributed by atoms with van der Waals surface area (Å²) in [6.07, 6.45) is -2.53. The third-order valence-corrected chi connectivity index (χ3v) is 0.921. The third-order valence-electron chi connectivity index (χ3n) is 0.772. The molecule has 0 saturated heterocycles. The van der Waals surface area contributed by atoms with Crippen LogP contribution < -0.4 is 11.3 Å². The van der Waals surface area contributed by atoms with Gasteiger partial charge < -0.3 is 4.18 Å². The van der Waals surface area contributed by atoms with Gasteiger partial charge in [-0.3, -0.25) is 5.84 Å². The smallest absolute Gasteiger partial charge is 0.257 e. The van der Waals surface area contributed by atoms with E-state index in [0.29, 0.717) is 0 Å². The summed E-state index contributed by atoms with van der Waals surface area (Å²) in [6.45, 7) is -0.211. The molecule has 0 aromatic heterocycles. The van der Waals surface area contributed by atoms with Crippen molar-refractivity contribution in [1.29, 1.82) is 0 Å². The predicted molar refractivity (Wildman–Crippen MR) is 32.1 cm³/mol. The van der Waals surface area contributed by atoms with E-state index in [1.165, 1.54) is 0 Å². The van der Waals surface area contributed by atoms with Gasteiger partial charge in [0, 0.05) is 0 Å². The summed E-state index contributed by atoms with van der Waals surface area (Å²) in [5.74, 6) is 4.72. The second kappa shape index (κ2) is 4.92. The zero-order valence-corrected chi connectivity index (χ0v) is 5.44. The molecule has 0 aromatic rings. The molecule has 0 aliphatic carbocycles. The van der Waals surface area contributed by atoms with E-state index in [0.717, 1.165) is 0 Å². The lowest BCUT2D eigenvalue weighted by atomic mass is 10.3. The number of hydrogen-bond donors (Lipinski definition) is 3. The van der Waals surface area contributed by atoms with Crippen molar-refractivity contribution in [3.63, 3.8) is 0 Å². The molecule has 3 nitrogen and oxygen atoms in total. The zero-order chi connectivity index (χ0) is 7.28. The van der Waals surface area contributed by atoms with Crippen molar-refractivity contribution in [3.05, 3.63) is 0 Å². The minimum atomic E-state index is -2.53. The molecule has 0 heterocycles. The predicted octanol–water partition coefficient (Wildman–Crippen LogP) is -0.0552. The SMILES string of the molecule is NNC(COS)C(F)F. The van der Waals surface area contributed by atoms with Gasteiger partial charge in [0.15, 0.2) is 0 Å². The van der Waals surface area contributed by atoms with E-state index < -0.39 is 12.5 Å². The molecule has 0 rings (SSSR count). The van der Waals surface area contributed by atoms with E-state index in [4.69, 9.17) is 5.84 Å². The highest BCUT2D eigenvalue weighted by Crippen LogP contribution is 2.00. The lowest BCUT2D eigenvalue weighted by Gasteiger charge is -2.11. The number of halogens is 2. The third kappa shape index (κ3) is 3.63. The molecule has 0 radical (unpaired) electrons. The molecular weight excluding hydrogens is 150 g/mol. The van der Waals surface area contributed by atoms with Crippen LogP contribution in [-0.4, -0.2) is 19.1 Å². The van der Waals surface area contributed by atoms with Gasteiger partial charge in [0.25, 0.3) is 6.43 Å². The van der Waals surface area contributed by atoms with Gasteiger partial charge in [-0.25, -0.2) is 14.2 Å². The number of thiol groups is 1. The molecular formula is C3H8F2N2OS. The zero-order valence-electron chi connectivity index (χ0n) is 4.55. The Morgan fingerprint density at radius 1 is 1.67 bits per heavy atom. The van der Waals surface area contributed by atoms with Gasteiger partial charge in [-0.15, -0.1) is 0 Å². The van der Waals surface area contributed by atoms with E-state index in [1.54, 1.807) is 0 Å². The Kier molecular flexibility index (Phi) is 4.97. The highest BCUT2D eigenvalue weighted by molar-refractivity contribution is 7.75. The normalized spacial score (nSPS) is 14.3. The second-order valence-electron chi connectivity index (χ2n) is 1.40. The summed E-state index contributed by atoms with van der Waals surface area (Å²) in [7, 11) is 0. The summed E-state index contributed by atoms with van der Waals surface area (Å²) in [5, 5.41) is 0. The maximum absolute atomic E-state index is 11.6. The summed E-state index contributed by atoms with van der Waals surface area (Å²) in [4.78, 5) is 0. The molecule has 0 spiro atoms. The van der Waals surface area contributed by atoms with Crippen molar-refractivity contribution in [2.75, 3.05) is 6.61 Å². The van der Waals surface area contributed by atoms with Crippen LogP contribution in [0.1, 0.15) is 0 Å². The maximum atomic E-state index is 11.6. The average molecular weight is 158 g/mol. The molecule has 1 atom stereocenters. The van der Waals surface area contributed by atoms with Gasteiger partial charge in [-0.05, 0) is 12.9 Å². The van der Waals surface area contributed by atoms with Gasteiger partial charge in [-0.2, -0.15) is 0 Å². The van der Waals surface area contributed by atoms with Crippen LogP contribution in [0.3, 0.4) is 0 Å². The van der Waals surface area contributed by atoms with Crippen LogP contribution in [0.2, 0.25) is 0 Å². The fourth-order valence-corrected chi connectivity index (χ4v) is 0.434. The second-order valence-corrected chi connectivity index (χ2v) is 1.66. The van der Waals surface area contributed by atoms with E-state index in [9.17, 15) is 8.78 Å².